The molecule has 0 bridgehead atoms. The summed E-state index contributed by atoms with van der Waals surface area (Å²) in [6, 6.07) is 14.2. The molecular formula is C20H23NO7. The van der Waals surface area contributed by atoms with E-state index in [0.29, 0.717) is 24.3 Å². The number of hydrogen-bond donors (Lipinski definition) is 6. The van der Waals surface area contributed by atoms with Gasteiger partial charge in [-0.1, -0.05) is 30.3 Å². The molecule has 2 rings (SSSR count). The fourth-order valence-electron chi connectivity index (χ4n) is 2.19. The first kappa shape index (κ1) is 22.7. The molecular weight excluding hydrogens is 366 g/mol. The van der Waals surface area contributed by atoms with E-state index in [0.717, 1.165) is 13.0 Å². The lowest BCUT2D eigenvalue weighted by Gasteiger charge is -2.13. The van der Waals surface area contributed by atoms with E-state index in [1.54, 1.807) is 0 Å². The maximum Gasteiger partial charge on any atom is 0.328 e. The van der Waals surface area contributed by atoms with Crippen molar-refractivity contribution in [1.82, 2.24) is 5.32 Å². The van der Waals surface area contributed by atoms with Gasteiger partial charge >= 0.3 is 11.9 Å². The maximum atomic E-state index is 9.98. The summed E-state index contributed by atoms with van der Waals surface area (Å²) in [6.07, 6.45) is 1.24. The molecule has 0 aliphatic heterocycles. The first-order valence-electron chi connectivity index (χ1n) is 8.37. The van der Waals surface area contributed by atoms with E-state index in [-0.39, 0.29) is 11.5 Å². The summed E-state index contributed by atoms with van der Waals surface area (Å²) in [6.45, 7) is 1.13. The first-order valence-corrected chi connectivity index (χ1v) is 8.37. The molecule has 0 saturated heterocycles. The third-order valence-electron chi connectivity index (χ3n) is 3.45. The molecule has 8 heteroatoms. The summed E-state index contributed by atoms with van der Waals surface area (Å²) < 4.78 is 0. The number of carboxylic acids is 2. The van der Waals surface area contributed by atoms with E-state index < -0.39 is 18.0 Å². The SMILES string of the molecule is O=C(O)C=CC(=O)O.Oc1cc(O)cc([C@@H](O)CNCCc2ccccc2)c1. The van der Waals surface area contributed by atoms with Crippen molar-refractivity contribution in [1.29, 1.82) is 0 Å². The topological polar surface area (TPSA) is 147 Å². The van der Waals surface area contributed by atoms with Gasteiger partial charge in [-0.25, -0.2) is 9.59 Å². The summed E-state index contributed by atoms with van der Waals surface area (Å²) in [4.78, 5) is 19.1. The van der Waals surface area contributed by atoms with Crippen molar-refractivity contribution in [2.45, 2.75) is 12.5 Å². The lowest BCUT2D eigenvalue weighted by molar-refractivity contribution is -0.134. The molecule has 0 aromatic heterocycles. The van der Waals surface area contributed by atoms with Gasteiger partial charge in [0.15, 0.2) is 0 Å². The summed E-state index contributed by atoms with van der Waals surface area (Å²) in [5.41, 5.74) is 1.74. The number of benzene rings is 2. The molecule has 0 heterocycles. The number of aromatic hydroxyl groups is 2. The number of hydrogen-bond acceptors (Lipinski definition) is 6. The predicted molar refractivity (Wildman–Crippen MR) is 102 cm³/mol. The molecule has 6 N–H and O–H groups in total. The fourth-order valence-corrected chi connectivity index (χ4v) is 2.19. The maximum absolute atomic E-state index is 9.98. The number of carbonyl (C=O) groups is 2. The molecule has 0 spiro atoms. The van der Waals surface area contributed by atoms with Crippen molar-refractivity contribution < 1.29 is 35.1 Å². The van der Waals surface area contributed by atoms with Crippen LogP contribution in [0.1, 0.15) is 17.2 Å². The first-order chi connectivity index (χ1) is 13.3. The standard InChI is InChI=1S/C16H19NO3.C4H4O4/c18-14-8-13(9-15(19)10-14)16(20)11-17-7-6-12-4-2-1-3-5-12;5-3(6)1-2-4(7)8/h1-5,8-10,16-20H,6-7,11H2;1-2H,(H,5,6)(H,7,8)/t16-;/m0./s1. The van der Waals surface area contributed by atoms with Crippen LogP contribution in [-0.4, -0.2) is 50.6 Å². The summed E-state index contributed by atoms with van der Waals surface area (Å²) in [5, 5.41) is 47.5. The second-order valence-corrected chi connectivity index (χ2v) is 5.75. The Morgan fingerprint density at radius 1 is 0.929 bits per heavy atom. The molecule has 28 heavy (non-hydrogen) atoms. The Bertz CT molecular complexity index is 754. The number of aliphatic hydroxyl groups is 1. The van der Waals surface area contributed by atoms with E-state index in [1.807, 2.05) is 18.2 Å². The Labute approximate surface area is 162 Å². The zero-order valence-electron chi connectivity index (χ0n) is 15.0. The van der Waals surface area contributed by atoms with Gasteiger partial charge in [-0.05, 0) is 36.2 Å². The Kier molecular flexibility index (Phi) is 9.80. The minimum atomic E-state index is -1.26. The van der Waals surface area contributed by atoms with Crippen LogP contribution in [0, 0.1) is 0 Å². The van der Waals surface area contributed by atoms with Gasteiger partial charge in [0, 0.05) is 24.8 Å². The normalized spacial score (nSPS) is 11.5. The number of aliphatic carboxylic acids is 2. The van der Waals surface area contributed by atoms with Crippen molar-refractivity contribution >= 4 is 11.9 Å². The molecule has 0 amide bonds. The van der Waals surface area contributed by atoms with E-state index in [2.05, 4.69) is 17.4 Å². The molecule has 2 aromatic rings. The third kappa shape index (κ3) is 9.95. The lowest BCUT2D eigenvalue weighted by atomic mass is 10.1. The molecule has 0 saturated carbocycles. The molecule has 0 radical (unpaired) electrons. The summed E-state index contributed by atoms with van der Waals surface area (Å²) in [7, 11) is 0. The average Bonchev–Trinajstić information content (AvgIpc) is 2.64. The fraction of sp³-hybridized carbons (Fsp3) is 0.200. The number of aliphatic hydroxyl groups excluding tert-OH is 1. The van der Waals surface area contributed by atoms with Crippen LogP contribution in [0.2, 0.25) is 0 Å². The Hall–Kier alpha value is -3.36. The molecule has 0 aliphatic carbocycles. The van der Waals surface area contributed by atoms with Crippen molar-refractivity contribution in [3.63, 3.8) is 0 Å². The summed E-state index contributed by atoms with van der Waals surface area (Å²) in [5.74, 6) is -2.62. The number of nitrogens with one attached hydrogen (secondary N) is 1. The molecule has 2 aromatic carbocycles. The van der Waals surface area contributed by atoms with Crippen molar-refractivity contribution in [3.8, 4) is 11.5 Å². The number of phenolic OH excluding ortho intramolecular Hbond substituents is 2. The van der Waals surface area contributed by atoms with E-state index in [9.17, 15) is 24.9 Å². The van der Waals surface area contributed by atoms with Crippen molar-refractivity contribution in [2.75, 3.05) is 13.1 Å². The van der Waals surface area contributed by atoms with Crippen LogP contribution >= 0.6 is 0 Å². The Morgan fingerprint density at radius 3 is 1.96 bits per heavy atom. The van der Waals surface area contributed by atoms with Gasteiger partial charge in [-0.3, -0.25) is 0 Å². The lowest BCUT2D eigenvalue weighted by Crippen LogP contribution is -2.23. The van der Waals surface area contributed by atoms with Crippen LogP contribution < -0.4 is 5.32 Å². The minimum absolute atomic E-state index is 0.0525. The van der Waals surface area contributed by atoms with Gasteiger partial charge in [0.05, 0.1) is 6.10 Å². The highest BCUT2D eigenvalue weighted by atomic mass is 16.4. The highest BCUT2D eigenvalue weighted by molar-refractivity contribution is 5.89. The number of phenols is 2. The third-order valence-corrected chi connectivity index (χ3v) is 3.45. The van der Waals surface area contributed by atoms with Gasteiger partial charge in [0.25, 0.3) is 0 Å². The van der Waals surface area contributed by atoms with Crippen molar-refractivity contribution in [3.05, 3.63) is 71.8 Å². The highest BCUT2D eigenvalue weighted by Crippen LogP contribution is 2.24. The predicted octanol–water partition coefficient (Wildman–Crippen LogP) is 1.68. The van der Waals surface area contributed by atoms with Crippen LogP contribution in [0.3, 0.4) is 0 Å². The average molecular weight is 389 g/mol. The largest absolute Gasteiger partial charge is 0.508 e. The van der Waals surface area contributed by atoms with Gasteiger partial charge in [0.2, 0.25) is 0 Å². The van der Waals surface area contributed by atoms with E-state index in [1.165, 1.54) is 23.8 Å². The van der Waals surface area contributed by atoms with Crippen LogP contribution in [0.4, 0.5) is 0 Å². The van der Waals surface area contributed by atoms with Gasteiger partial charge in [-0.2, -0.15) is 0 Å². The monoisotopic (exact) mass is 389 g/mol. The van der Waals surface area contributed by atoms with Crippen LogP contribution in [0.5, 0.6) is 11.5 Å². The highest BCUT2D eigenvalue weighted by Gasteiger charge is 2.09. The molecule has 1 atom stereocenters. The second kappa shape index (κ2) is 12.1. The van der Waals surface area contributed by atoms with Gasteiger partial charge < -0.3 is 30.8 Å². The second-order valence-electron chi connectivity index (χ2n) is 5.75. The van der Waals surface area contributed by atoms with Crippen LogP contribution in [-0.2, 0) is 16.0 Å². The molecule has 0 fully saturated rings. The quantitative estimate of drug-likeness (QED) is 0.295. The summed E-state index contributed by atoms with van der Waals surface area (Å²) >= 11 is 0. The van der Waals surface area contributed by atoms with Gasteiger partial charge in [0.1, 0.15) is 11.5 Å². The number of rotatable bonds is 8. The Morgan fingerprint density at radius 2 is 1.46 bits per heavy atom. The molecule has 0 unspecified atom stereocenters. The smallest absolute Gasteiger partial charge is 0.328 e. The zero-order chi connectivity index (χ0) is 20.9. The zero-order valence-corrected chi connectivity index (χ0v) is 15.0. The number of carboxylic acid groups (broad SMARTS) is 2. The Balaban J connectivity index is 0.000000416. The van der Waals surface area contributed by atoms with Crippen LogP contribution in [0.25, 0.3) is 0 Å². The van der Waals surface area contributed by atoms with Crippen LogP contribution in [0.15, 0.2) is 60.7 Å². The molecule has 0 aliphatic rings. The minimum Gasteiger partial charge on any atom is -0.508 e. The molecule has 150 valence electrons. The molecule has 8 nitrogen and oxygen atoms in total. The van der Waals surface area contributed by atoms with E-state index >= 15 is 0 Å². The van der Waals surface area contributed by atoms with Crippen molar-refractivity contribution in [2.24, 2.45) is 0 Å². The van der Waals surface area contributed by atoms with Gasteiger partial charge in [-0.15, -0.1) is 0 Å². The van der Waals surface area contributed by atoms with E-state index in [4.69, 9.17) is 10.2 Å².